The van der Waals surface area contributed by atoms with Crippen LogP contribution in [0.2, 0.25) is 0 Å². The van der Waals surface area contributed by atoms with E-state index in [9.17, 15) is 8.42 Å². The van der Waals surface area contributed by atoms with Gasteiger partial charge in [0.15, 0.2) is 0 Å². The molecule has 5 heteroatoms. The summed E-state index contributed by atoms with van der Waals surface area (Å²) in [6, 6.07) is 7.06. The molecule has 1 fully saturated rings. The molecule has 1 atom stereocenters. The maximum absolute atomic E-state index is 12.4. The molecule has 0 aromatic heterocycles. The lowest BCUT2D eigenvalue weighted by molar-refractivity contribution is 0.464. The summed E-state index contributed by atoms with van der Waals surface area (Å²) in [4.78, 5) is 0.386. The summed E-state index contributed by atoms with van der Waals surface area (Å²) in [5.41, 5.74) is 6.55. The Labute approximate surface area is 109 Å². The van der Waals surface area contributed by atoms with Crippen LogP contribution in [-0.2, 0) is 16.4 Å². The molecular weight excluding hydrogens is 248 g/mol. The number of sulfonamides is 1. The van der Waals surface area contributed by atoms with Crippen LogP contribution in [0.4, 0.5) is 0 Å². The number of hydrogen-bond donors (Lipinski definition) is 1. The van der Waals surface area contributed by atoms with E-state index in [1.165, 1.54) is 0 Å². The minimum atomic E-state index is -3.30. The zero-order chi connectivity index (χ0) is 13.2. The third kappa shape index (κ3) is 2.74. The van der Waals surface area contributed by atoms with E-state index < -0.39 is 10.0 Å². The van der Waals surface area contributed by atoms with Gasteiger partial charge in [-0.1, -0.05) is 19.1 Å². The van der Waals surface area contributed by atoms with Crippen molar-refractivity contribution >= 4 is 10.0 Å². The van der Waals surface area contributed by atoms with Gasteiger partial charge in [-0.05, 0) is 43.0 Å². The van der Waals surface area contributed by atoms with Gasteiger partial charge in [-0.15, -0.1) is 0 Å². The molecule has 0 spiro atoms. The molecule has 1 aromatic rings. The number of benzene rings is 1. The van der Waals surface area contributed by atoms with Gasteiger partial charge in [0.1, 0.15) is 0 Å². The highest BCUT2D eigenvalue weighted by atomic mass is 32.2. The Morgan fingerprint density at radius 1 is 1.33 bits per heavy atom. The van der Waals surface area contributed by atoms with Gasteiger partial charge in [0.2, 0.25) is 10.0 Å². The molecule has 0 saturated carbocycles. The van der Waals surface area contributed by atoms with E-state index in [4.69, 9.17) is 5.73 Å². The summed E-state index contributed by atoms with van der Waals surface area (Å²) in [6.45, 7) is 3.93. The van der Waals surface area contributed by atoms with Crippen LogP contribution in [0, 0.1) is 5.92 Å². The molecule has 2 rings (SSSR count). The number of nitrogens with two attached hydrogens (primary N) is 1. The first kappa shape index (κ1) is 13.5. The van der Waals surface area contributed by atoms with Gasteiger partial charge in [0.05, 0.1) is 4.90 Å². The molecule has 0 amide bonds. The van der Waals surface area contributed by atoms with Crippen molar-refractivity contribution in [3.8, 4) is 0 Å². The molecule has 1 heterocycles. The second kappa shape index (κ2) is 5.38. The summed E-state index contributed by atoms with van der Waals surface area (Å²) in [5, 5.41) is 0. The van der Waals surface area contributed by atoms with E-state index in [2.05, 4.69) is 6.92 Å². The SMILES string of the molecule is CC1CCN(S(=O)(=O)c2ccc(CCN)cc2)C1. The maximum Gasteiger partial charge on any atom is 0.243 e. The standard InChI is InChI=1S/C13H20N2O2S/c1-11-7-9-15(10-11)18(16,17)13-4-2-12(3-5-13)6-8-14/h2-5,11H,6-10,14H2,1H3. The smallest absolute Gasteiger partial charge is 0.243 e. The normalized spacial score (nSPS) is 21.3. The Morgan fingerprint density at radius 3 is 2.50 bits per heavy atom. The van der Waals surface area contributed by atoms with Crippen LogP contribution in [0.25, 0.3) is 0 Å². The fraction of sp³-hybridized carbons (Fsp3) is 0.538. The molecule has 1 unspecified atom stereocenters. The minimum Gasteiger partial charge on any atom is -0.330 e. The van der Waals surface area contributed by atoms with Crippen LogP contribution in [-0.4, -0.2) is 32.4 Å². The molecule has 0 bridgehead atoms. The average Bonchev–Trinajstić information content (AvgIpc) is 2.78. The highest BCUT2D eigenvalue weighted by Crippen LogP contribution is 2.24. The number of hydrogen-bond acceptors (Lipinski definition) is 3. The quantitative estimate of drug-likeness (QED) is 0.893. The lowest BCUT2D eigenvalue weighted by Crippen LogP contribution is -2.28. The van der Waals surface area contributed by atoms with Gasteiger partial charge in [0, 0.05) is 13.1 Å². The summed E-state index contributed by atoms with van der Waals surface area (Å²) in [7, 11) is -3.30. The van der Waals surface area contributed by atoms with Crippen LogP contribution >= 0.6 is 0 Å². The molecule has 1 saturated heterocycles. The lowest BCUT2D eigenvalue weighted by Gasteiger charge is -2.16. The Kier molecular flexibility index (Phi) is 4.04. The van der Waals surface area contributed by atoms with Crippen molar-refractivity contribution in [2.75, 3.05) is 19.6 Å². The van der Waals surface area contributed by atoms with Gasteiger partial charge < -0.3 is 5.73 Å². The summed E-state index contributed by atoms with van der Waals surface area (Å²) < 4.78 is 26.3. The molecule has 0 radical (unpaired) electrons. The van der Waals surface area contributed by atoms with Gasteiger partial charge in [-0.25, -0.2) is 8.42 Å². The zero-order valence-electron chi connectivity index (χ0n) is 10.7. The van der Waals surface area contributed by atoms with Gasteiger partial charge >= 0.3 is 0 Å². The predicted molar refractivity (Wildman–Crippen MR) is 71.7 cm³/mol. The fourth-order valence-electron chi connectivity index (χ4n) is 2.26. The second-order valence-electron chi connectivity index (χ2n) is 4.94. The molecule has 18 heavy (non-hydrogen) atoms. The molecule has 0 aliphatic carbocycles. The van der Waals surface area contributed by atoms with E-state index >= 15 is 0 Å². The van der Waals surface area contributed by atoms with Crippen molar-refractivity contribution in [1.82, 2.24) is 4.31 Å². The summed E-state index contributed by atoms with van der Waals surface area (Å²) >= 11 is 0. The van der Waals surface area contributed by atoms with E-state index in [0.717, 1.165) is 18.4 Å². The van der Waals surface area contributed by atoms with Crippen molar-refractivity contribution in [1.29, 1.82) is 0 Å². The number of nitrogens with zero attached hydrogens (tertiary/aromatic N) is 1. The second-order valence-corrected chi connectivity index (χ2v) is 6.88. The predicted octanol–water partition coefficient (Wildman–Crippen LogP) is 1.22. The molecule has 1 aliphatic rings. The molecule has 1 aliphatic heterocycles. The number of rotatable bonds is 4. The van der Waals surface area contributed by atoms with Crippen molar-refractivity contribution in [2.45, 2.75) is 24.7 Å². The Balaban J connectivity index is 2.19. The van der Waals surface area contributed by atoms with Gasteiger partial charge in [-0.3, -0.25) is 0 Å². The Morgan fingerprint density at radius 2 is 2.00 bits per heavy atom. The van der Waals surface area contributed by atoms with Crippen molar-refractivity contribution in [3.63, 3.8) is 0 Å². The Bertz CT molecular complexity index is 496. The monoisotopic (exact) mass is 268 g/mol. The first-order chi connectivity index (χ1) is 8.54. The lowest BCUT2D eigenvalue weighted by atomic mass is 10.2. The van der Waals surface area contributed by atoms with Crippen molar-refractivity contribution in [3.05, 3.63) is 29.8 Å². The van der Waals surface area contributed by atoms with Gasteiger partial charge in [0.25, 0.3) is 0 Å². The molecule has 1 aromatic carbocycles. The van der Waals surface area contributed by atoms with Gasteiger partial charge in [-0.2, -0.15) is 4.31 Å². The van der Waals surface area contributed by atoms with Crippen LogP contribution in [0.5, 0.6) is 0 Å². The molecule has 2 N–H and O–H groups in total. The minimum absolute atomic E-state index is 0.386. The van der Waals surface area contributed by atoms with Crippen LogP contribution in [0.1, 0.15) is 18.9 Å². The van der Waals surface area contributed by atoms with E-state index in [1.807, 2.05) is 12.1 Å². The highest BCUT2D eigenvalue weighted by molar-refractivity contribution is 7.89. The van der Waals surface area contributed by atoms with Crippen LogP contribution in [0.15, 0.2) is 29.2 Å². The van der Waals surface area contributed by atoms with Crippen molar-refractivity contribution < 1.29 is 8.42 Å². The fourth-order valence-corrected chi connectivity index (χ4v) is 3.83. The third-order valence-electron chi connectivity index (χ3n) is 3.38. The summed E-state index contributed by atoms with van der Waals surface area (Å²) in [6.07, 6.45) is 1.73. The van der Waals surface area contributed by atoms with E-state index in [-0.39, 0.29) is 0 Å². The molecular formula is C13H20N2O2S. The third-order valence-corrected chi connectivity index (χ3v) is 5.26. The summed E-state index contributed by atoms with van der Waals surface area (Å²) in [5.74, 6) is 0.455. The topological polar surface area (TPSA) is 63.4 Å². The zero-order valence-corrected chi connectivity index (χ0v) is 11.5. The average molecular weight is 268 g/mol. The maximum atomic E-state index is 12.4. The first-order valence-corrected chi connectivity index (χ1v) is 7.77. The van der Waals surface area contributed by atoms with E-state index in [1.54, 1.807) is 16.4 Å². The van der Waals surface area contributed by atoms with E-state index in [0.29, 0.717) is 30.4 Å². The largest absolute Gasteiger partial charge is 0.330 e. The molecule has 100 valence electrons. The van der Waals surface area contributed by atoms with Crippen molar-refractivity contribution in [2.24, 2.45) is 11.7 Å². The first-order valence-electron chi connectivity index (χ1n) is 6.33. The highest BCUT2D eigenvalue weighted by Gasteiger charge is 2.30. The Hall–Kier alpha value is -0.910. The van der Waals surface area contributed by atoms with Crippen LogP contribution < -0.4 is 5.73 Å². The molecule has 4 nitrogen and oxygen atoms in total. The van der Waals surface area contributed by atoms with Crippen LogP contribution in [0.3, 0.4) is 0 Å².